The Kier molecular flexibility index (Phi) is 8.45. The Hall–Kier alpha value is -3.46. The van der Waals surface area contributed by atoms with Crippen molar-refractivity contribution < 1.29 is 28.2 Å². The van der Waals surface area contributed by atoms with Gasteiger partial charge in [-0.05, 0) is 74.1 Å². The van der Waals surface area contributed by atoms with Crippen LogP contribution in [0.3, 0.4) is 0 Å². The first-order valence-electron chi connectivity index (χ1n) is 13.9. The predicted molar refractivity (Wildman–Crippen MR) is 144 cm³/mol. The zero-order chi connectivity index (χ0) is 27.4. The molecule has 0 bridgehead atoms. The van der Waals surface area contributed by atoms with Crippen LogP contribution < -0.4 is 15.4 Å². The van der Waals surface area contributed by atoms with E-state index in [2.05, 4.69) is 10.6 Å². The third kappa shape index (κ3) is 6.58. The van der Waals surface area contributed by atoms with Gasteiger partial charge in [0.2, 0.25) is 5.91 Å². The van der Waals surface area contributed by atoms with Crippen molar-refractivity contribution in [2.45, 2.75) is 69.6 Å². The summed E-state index contributed by atoms with van der Waals surface area (Å²) >= 11 is 0. The van der Waals surface area contributed by atoms with E-state index in [4.69, 9.17) is 9.47 Å². The Morgan fingerprint density at radius 1 is 1.03 bits per heavy atom. The minimum atomic E-state index is -0.423. The maximum atomic E-state index is 13.5. The zero-order valence-electron chi connectivity index (χ0n) is 22.3. The number of amides is 3. The lowest BCUT2D eigenvalue weighted by molar-refractivity contribution is -0.134. The summed E-state index contributed by atoms with van der Waals surface area (Å²) in [6.07, 6.45) is 7.28. The van der Waals surface area contributed by atoms with Crippen molar-refractivity contribution in [3.63, 3.8) is 0 Å². The van der Waals surface area contributed by atoms with Crippen LogP contribution in [0.4, 0.5) is 10.1 Å². The average molecular weight is 538 g/mol. The normalized spacial score (nSPS) is 23.5. The van der Waals surface area contributed by atoms with Gasteiger partial charge in [0.05, 0.1) is 24.1 Å². The average Bonchev–Trinajstić information content (AvgIpc) is 2.95. The summed E-state index contributed by atoms with van der Waals surface area (Å²) < 4.78 is 25.5. The van der Waals surface area contributed by atoms with Crippen molar-refractivity contribution in [1.82, 2.24) is 10.2 Å². The second-order valence-electron chi connectivity index (χ2n) is 10.9. The molecule has 3 aliphatic rings. The first kappa shape index (κ1) is 27.1. The van der Waals surface area contributed by atoms with E-state index in [9.17, 15) is 18.8 Å². The highest BCUT2D eigenvalue weighted by molar-refractivity contribution is 6.05. The maximum absolute atomic E-state index is 13.5. The maximum Gasteiger partial charge on any atom is 0.257 e. The van der Waals surface area contributed by atoms with E-state index >= 15 is 0 Å². The molecule has 3 atom stereocenters. The topological polar surface area (TPSA) is 97.0 Å². The number of ether oxygens (including phenoxy) is 2. The van der Waals surface area contributed by atoms with E-state index < -0.39 is 11.7 Å². The number of fused-ring (bicyclic) bond motifs is 2. The van der Waals surface area contributed by atoms with E-state index in [1.807, 2.05) is 0 Å². The standard InChI is InChI=1S/C30H36FN3O5/c1-34-25-13-12-23(16-28(35)32-17-19-5-3-2-4-6-19)39-27(25)18-38-26-14-11-22(15-24(26)30(34)37)33-29(36)20-7-9-21(31)10-8-20/h7-11,14-15,19,23,25,27H,2-6,12-13,16-18H2,1H3,(H,32,35)(H,33,36)/t23-,25+,27+/m1/s1. The molecule has 8 nitrogen and oxygen atoms in total. The van der Waals surface area contributed by atoms with Gasteiger partial charge in [0.1, 0.15) is 24.3 Å². The van der Waals surface area contributed by atoms with Crippen LogP contribution in [-0.2, 0) is 9.53 Å². The van der Waals surface area contributed by atoms with Crippen molar-refractivity contribution in [2.24, 2.45) is 5.92 Å². The first-order valence-corrected chi connectivity index (χ1v) is 13.9. The van der Waals surface area contributed by atoms with Gasteiger partial charge < -0.3 is 25.0 Å². The molecule has 1 aliphatic carbocycles. The van der Waals surface area contributed by atoms with Crippen LogP contribution >= 0.6 is 0 Å². The predicted octanol–water partition coefficient (Wildman–Crippen LogP) is 4.55. The molecule has 0 unspecified atom stereocenters. The van der Waals surface area contributed by atoms with E-state index in [0.29, 0.717) is 47.7 Å². The van der Waals surface area contributed by atoms with Gasteiger partial charge >= 0.3 is 0 Å². The van der Waals surface area contributed by atoms with Crippen molar-refractivity contribution >= 4 is 23.4 Å². The van der Waals surface area contributed by atoms with Crippen LogP contribution in [0.25, 0.3) is 0 Å². The number of carbonyl (C=O) groups is 3. The quantitative estimate of drug-likeness (QED) is 0.564. The molecule has 3 amide bonds. The largest absolute Gasteiger partial charge is 0.490 e. The lowest BCUT2D eigenvalue weighted by Gasteiger charge is -2.42. The molecule has 2 heterocycles. The number of anilines is 1. The number of nitrogens with zero attached hydrogens (tertiary/aromatic N) is 1. The number of carbonyl (C=O) groups excluding carboxylic acids is 3. The summed E-state index contributed by atoms with van der Waals surface area (Å²) in [7, 11) is 1.75. The summed E-state index contributed by atoms with van der Waals surface area (Å²) in [4.78, 5) is 40.3. The van der Waals surface area contributed by atoms with Crippen molar-refractivity contribution in [1.29, 1.82) is 0 Å². The second-order valence-corrected chi connectivity index (χ2v) is 10.9. The van der Waals surface area contributed by atoms with Gasteiger partial charge in [0.15, 0.2) is 0 Å². The molecule has 2 fully saturated rings. The van der Waals surface area contributed by atoms with Gasteiger partial charge in [0.25, 0.3) is 11.8 Å². The molecule has 0 aromatic heterocycles. The molecule has 9 heteroatoms. The molecule has 0 radical (unpaired) electrons. The molecule has 1 saturated carbocycles. The van der Waals surface area contributed by atoms with Crippen molar-refractivity contribution in [3.05, 3.63) is 59.4 Å². The van der Waals surface area contributed by atoms with E-state index in [1.54, 1.807) is 30.1 Å². The molecule has 1 saturated heterocycles. The fourth-order valence-corrected chi connectivity index (χ4v) is 5.84. The highest BCUT2D eigenvalue weighted by Gasteiger charge is 2.39. The highest BCUT2D eigenvalue weighted by atomic mass is 19.1. The summed E-state index contributed by atoms with van der Waals surface area (Å²) in [5.74, 6) is -0.0637. The molecule has 2 N–H and O–H groups in total. The molecule has 2 aromatic carbocycles. The number of halogens is 1. The van der Waals surface area contributed by atoms with E-state index in [1.165, 1.54) is 56.4 Å². The second kappa shape index (κ2) is 12.2. The van der Waals surface area contributed by atoms with Crippen molar-refractivity contribution in [2.75, 3.05) is 25.5 Å². The van der Waals surface area contributed by atoms with Crippen molar-refractivity contribution in [3.8, 4) is 5.75 Å². The minimum absolute atomic E-state index is 0.0146. The molecule has 2 aromatic rings. The van der Waals surface area contributed by atoms with Crippen LogP contribution in [0.1, 0.15) is 72.1 Å². The Bertz CT molecular complexity index is 1200. The molecular formula is C30H36FN3O5. The summed E-state index contributed by atoms with van der Waals surface area (Å²) in [5, 5.41) is 5.85. The number of rotatable bonds is 6. The fourth-order valence-electron chi connectivity index (χ4n) is 5.84. The Balaban J connectivity index is 1.20. The number of hydrogen-bond donors (Lipinski definition) is 2. The van der Waals surface area contributed by atoms with Gasteiger partial charge in [-0.1, -0.05) is 19.3 Å². The van der Waals surface area contributed by atoms with E-state index in [-0.39, 0.29) is 36.7 Å². The lowest BCUT2D eigenvalue weighted by Crippen LogP contribution is -2.54. The number of likely N-dealkylation sites (N-methyl/N-ethyl adjacent to an activating group) is 1. The van der Waals surface area contributed by atoms with Crippen LogP contribution in [-0.4, -0.2) is 61.1 Å². The van der Waals surface area contributed by atoms with Crippen LogP contribution in [0, 0.1) is 11.7 Å². The summed E-state index contributed by atoms with van der Waals surface area (Å²) in [6.45, 7) is 0.984. The number of nitrogens with one attached hydrogen (secondary N) is 2. The van der Waals surface area contributed by atoms with Gasteiger partial charge in [-0.2, -0.15) is 0 Å². The van der Waals surface area contributed by atoms with E-state index in [0.717, 1.165) is 6.54 Å². The minimum Gasteiger partial charge on any atom is -0.490 e. The lowest BCUT2D eigenvalue weighted by atomic mass is 9.89. The highest BCUT2D eigenvalue weighted by Crippen LogP contribution is 2.33. The molecule has 0 spiro atoms. The number of benzene rings is 2. The van der Waals surface area contributed by atoms with Gasteiger partial charge in [-0.25, -0.2) is 4.39 Å². The van der Waals surface area contributed by atoms with Crippen LogP contribution in [0.15, 0.2) is 42.5 Å². The molecule has 2 aliphatic heterocycles. The van der Waals surface area contributed by atoms with Gasteiger partial charge in [-0.15, -0.1) is 0 Å². The third-order valence-electron chi connectivity index (χ3n) is 8.10. The zero-order valence-corrected chi connectivity index (χ0v) is 22.3. The SMILES string of the molecule is CN1C(=O)c2cc(NC(=O)c3ccc(F)cc3)ccc2OC[C@@H]2O[C@@H](CC(=O)NCC3CCCCC3)CC[C@@H]21. The monoisotopic (exact) mass is 537 g/mol. The Morgan fingerprint density at radius 3 is 2.56 bits per heavy atom. The summed E-state index contributed by atoms with van der Waals surface area (Å²) in [5.41, 5.74) is 1.09. The smallest absolute Gasteiger partial charge is 0.257 e. The molecule has 208 valence electrons. The first-order chi connectivity index (χ1) is 18.9. The van der Waals surface area contributed by atoms with Gasteiger partial charge in [0, 0.05) is 24.8 Å². The van der Waals surface area contributed by atoms with Crippen LogP contribution in [0.2, 0.25) is 0 Å². The Labute approximate surface area is 228 Å². The molecule has 39 heavy (non-hydrogen) atoms. The fraction of sp³-hybridized carbons (Fsp3) is 0.500. The molecule has 5 rings (SSSR count). The summed E-state index contributed by atoms with van der Waals surface area (Å²) in [6, 6.07) is 9.96. The molecular weight excluding hydrogens is 501 g/mol. The number of hydrogen-bond acceptors (Lipinski definition) is 5. The Morgan fingerprint density at radius 2 is 1.79 bits per heavy atom. The van der Waals surface area contributed by atoms with Crippen LogP contribution in [0.5, 0.6) is 5.75 Å². The van der Waals surface area contributed by atoms with Gasteiger partial charge in [-0.3, -0.25) is 14.4 Å². The third-order valence-corrected chi connectivity index (χ3v) is 8.10.